The van der Waals surface area contributed by atoms with Crippen molar-refractivity contribution in [3.05, 3.63) is 16.3 Å². The van der Waals surface area contributed by atoms with Gasteiger partial charge in [-0.25, -0.2) is 9.97 Å². The maximum absolute atomic E-state index is 13.0. The molecule has 2 aliphatic heterocycles. The number of thiophene rings is 1. The fourth-order valence-electron chi connectivity index (χ4n) is 5.12. The smallest absolute Gasteiger partial charge is 0.242 e. The summed E-state index contributed by atoms with van der Waals surface area (Å²) >= 11 is 1.74. The number of morpholine rings is 1. The minimum absolute atomic E-state index is 0.240. The van der Waals surface area contributed by atoms with Crippen LogP contribution in [0.4, 0.5) is 5.82 Å². The van der Waals surface area contributed by atoms with Crippen LogP contribution in [0.2, 0.25) is 0 Å². The average Bonchev–Trinajstić information content (AvgIpc) is 3.38. The zero-order valence-corrected chi connectivity index (χ0v) is 19.5. The first-order chi connectivity index (χ1) is 15.1. The second kappa shape index (κ2) is 9.00. The molecule has 2 aromatic heterocycles. The van der Waals surface area contributed by atoms with Crippen molar-refractivity contribution in [2.45, 2.75) is 46.1 Å². The van der Waals surface area contributed by atoms with E-state index in [9.17, 15) is 4.79 Å². The third-order valence-corrected chi connectivity index (χ3v) is 8.20. The summed E-state index contributed by atoms with van der Waals surface area (Å²) in [6, 6.07) is 0. The fraction of sp³-hybridized carbons (Fsp3) is 0.696. The molecular formula is C23H33N5O2S. The topological polar surface area (TPSA) is 61.8 Å². The van der Waals surface area contributed by atoms with E-state index in [1.54, 1.807) is 11.3 Å². The number of carbonyl (C=O) groups excluding carboxylic acids is 1. The van der Waals surface area contributed by atoms with Crippen molar-refractivity contribution in [2.24, 2.45) is 5.92 Å². The number of fused-ring (bicyclic) bond motifs is 1. The molecule has 0 radical (unpaired) electrons. The molecule has 0 atom stereocenters. The molecule has 5 rings (SSSR count). The van der Waals surface area contributed by atoms with Crippen LogP contribution in [0.5, 0.6) is 0 Å². The van der Waals surface area contributed by atoms with Crippen LogP contribution < -0.4 is 4.90 Å². The summed E-state index contributed by atoms with van der Waals surface area (Å²) < 4.78 is 5.48. The maximum Gasteiger partial charge on any atom is 0.242 e. The van der Waals surface area contributed by atoms with E-state index in [0.29, 0.717) is 12.5 Å². The molecule has 0 unspecified atom stereocenters. The van der Waals surface area contributed by atoms with Gasteiger partial charge in [-0.3, -0.25) is 9.69 Å². The van der Waals surface area contributed by atoms with Gasteiger partial charge in [0.25, 0.3) is 0 Å². The Hall–Kier alpha value is -1.77. The van der Waals surface area contributed by atoms with Gasteiger partial charge in [0, 0.05) is 37.6 Å². The Bertz CT molecular complexity index is 949. The SMILES string of the molecule is Cc1sc2nc(CN3CCOCC3)nc(N3CCN(CC4CCCC4)C(=O)C3)c2c1C. The molecule has 3 aliphatic rings. The molecule has 168 valence electrons. The normalized spacial score (nSPS) is 21.5. The minimum atomic E-state index is 0.240. The Morgan fingerprint density at radius 2 is 1.84 bits per heavy atom. The molecule has 31 heavy (non-hydrogen) atoms. The van der Waals surface area contributed by atoms with Gasteiger partial charge in [-0.2, -0.15) is 0 Å². The van der Waals surface area contributed by atoms with Crippen LogP contribution in [0, 0.1) is 19.8 Å². The summed E-state index contributed by atoms with van der Waals surface area (Å²) in [6.07, 6.45) is 5.19. The number of piperazine rings is 1. The van der Waals surface area contributed by atoms with Gasteiger partial charge < -0.3 is 14.5 Å². The molecule has 1 saturated carbocycles. The van der Waals surface area contributed by atoms with Crippen LogP contribution in [-0.4, -0.2) is 78.2 Å². The number of hydrogen-bond donors (Lipinski definition) is 0. The van der Waals surface area contributed by atoms with E-state index in [1.807, 2.05) is 0 Å². The average molecular weight is 444 g/mol. The Kier molecular flexibility index (Phi) is 6.12. The number of carbonyl (C=O) groups is 1. The van der Waals surface area contributed by atoms with Crippen LogP contribution in [0.1, 0.15) is 41.9 Å². The maximum atomic E-state index is 13.0. The molecule has 0 aromatic carbocycles. The van der Waals surface area contributed by atoms with E-state index < -0.39 is 0 Å². The Morgan fingerprint density at radius 3 is 2.58 bits per heavy atom. The van der Waals surface area contributed by atoms with Crippen molar-refractivity contribution < 1.29 is 9.53 Å². The van der Waals surface area contributed by atoms with E-state index in [-0.39, 0.29) is 5.91 Å². The molecule has 8 heteroatoms. The summed E-state index contributed by atoms with van der Waals surface area (Å²) in [5, 5.41) is 1.13. The third-order valence-electron chi connectivity index (χ3n) is 7.10. The molecule has 1 amide bonds. The van der Waals surface area contributed by atoms with E-state index in [4.69, 9.17) is 14.7 Å². The number of ether oxygens (including phenoxy) is 1. The van der Waals surface area contributed by atoms with E-state index in [1.165, 1.54) is 36.1 Å². The number of aryl methyl sites for hydroxylation is 2. The van der Waals surface area contributed by atoms with Crippen molar-refractivity contribution >= 4 is 33.3 Å². The summed E-state index contributed by atoms with van der Waals surface area (Å²) in [6.45, 7) is 11.4. The highest BCUT2D eigenvalue weighted by Crippen LogP contribution is 2.36. The number of rotatable bonds is 5. The standard InChI is InChI=1S/C23H33N5O2S/c1-16-17(2)31-23-21(16)22(24-19(25-23)14-26-9-11-30-12-10-26)28-8-7-27(20(29)15-28)13-18-5-3-4-6-18/h18H,3-15H2,1-2H3. The molecule has 4 heterocycles. The largest absolute Gasteiger partial charge is 0.379 e. The van der Waals surface area contributed by atoms with Crippen molar-refractivity contribution in [2.75, 3.05) is 57.4 Å². The Labute approximate surface area is 188 Å². The molecule has 0 N–H and O–H groups in total. The van der Waals surface area contributed by atoms with Gasteiger partial charge in [0.1, 0.15) is 16.5 Å². The molecule has 2 saturated heterocycles. The predicted octanol–water partition coefficient (Wildman–Crippen LogP) is 2.98. The number of anilines is 1. The molecule has 7 nitrogen and oxygen atoms in total. The number of nitrogens with zero attached hydrogens (tertiary/aromatic N) is 5. The molecule has 1 aliphatic carbocycles. The molecule has 0 bridgehead atoms. The van der Waals surface area contributed by atoms with Crippen molar-refractivity contribution in [3.8, 4) is 0 Å². The van der Waals surface area contributed by atoms with E-state index >= 15 is 0 Å². The summed E-state index contributed by atoms with van der Waals surface area (Å²) in [4.78, 5) is 31.9. The third kappa shape index (κ3) is 4.43. The number of amides is 1. The lowest BCUT2D eigenvalue weighted by molar-refractivity contribution is -0.131. The van der Waals surface area contributed by atoms with Crippen LogP contribution in [0.3, 0.4) is 0 Å². The molecule has 0 spiro atoms. The van der Waals surface area contributed by atoms with Gasteiger partial charge in [0.05, 0.1) is 31.7 Å². The van der Waals surface area contributed by atoms with Crippen LogP contribution >= 0.6 is 11.3 Å². The Morgan fingerprint density at radius 1 is 1.06 bits per heavy atom. The van der Waals surface area contributed by atoms with Gasteiger partial charge in [0.2, 0.25) is 5.91 Å². The lowest BCUT2D eigenvalue weighted by Crippen LogP contribution is -2.51. The van der Waals surface area contributed by atoms with E-state index in [0.717, 1.165) is 74.3 Å². The van der Waals surface area contributed by atoms with Crippen LogP contribution in [0.25, 0.3) is 10.2 Å². The zero-order valence-electron chi connectivity index (χ0n) is 18.7. The van der Waals surface area contributed by atoms with Crippen molar-refractivity contribution in [1.29, 1.82) is 0 Å². The van der Waals surface area contributed by atoms with Crippen LogP contribution in [-0.2, 0) is 16.1 Å². The van der Waals surface area contributed by atoms with Crippen molar-refractivity contribution in [3.63, 3.8) is 0 Å². The fourth-order valence-corrected chi connectivity index (χ4v) is 6.16. The molecule has 3 fully saturated rings. The van der Waals surface area contributed by atoms with Crippen molar-refractivity contribution in [1.82, 2.24) is 19.8 Å². The highest BCUT2D eigenvalue weighted by molar-refractivity contribution is 7.18. The van der Waals surface area contributed by atoms with Gasteiger partial charge in [-0.05, 0) is 38.2 Å². The first kappa shape index (κ1) is 21.1. The first-order valence-corrected chi connectivity index (χ1v) is 12.5. The second-order valence-electron chi connectivity index (χ2n) is 9.23. The van der Waals surface area contributed by atoms with E-state index in [2.05, 4.69) is 28.5 Å². The number of aromatic nitrogens is 2. The lowest BCUT2D eigenvalue weighted by atomic mass is 10.1. The van der Waals surface area contributed by atoms with Crippen LogP contribution in [0.15, 0.2) is 0 Å². The van der Waals surface area contributed by atoms with Gasteiger partial charge in [0.15, 0.2) is 0 Å². The van der Waals surface area contributed by atoms with Gasteiger partial charge in [-0.1, -0.05) is 12.8 Å². The monoisotopic (exact) mass is 443 g/mol. The van der Waals surface area contributed by atoms with Gasteiger partial charge in [-0.15, -0.1) is 11.3 Å². The molecule has 2 aromatic rings. The second-order valence-corrected chi connectivity index (χ2v) is 10.4. The zero-order chi connectivity index (χ0) is 21.4. The Balaban J connectivity index is 1.39. The highest BCUT2D eigenvalue weighted by atomic mass is 32.1. The predicted molar refractivity (Wildman–Crippen MR) is 124 cm³/mol. The quantitative estimate of drug-likeness (QED) is 0.708. The lowest BCUT2D eigenvalue weighted by Gasteiger charge is -2.36. The number of hydrogen-bond acceptors (Lipinski definition) is 7. The summed E-state index contributed by atoms with van der Waals surface area (Å²) in [7, 11) is 0. The summed E-state index contributed by atoms with van der Waals surface area (Å²) in [5.74, 6) is 2.74. The highest BCUT2D eigenvalue weighted by Gasteiger charge is 2.30. The minimum Gasteiger partial charge on any atom is -0.379 e. The van der Waals surface area contributed by atoms with Gasteiger partial charge >= 0.3 is 0 Å². The first-order valence-electron chi connectivity index (χ1n) is 11.7. The molecular weight excluding hydrogens is 410 g/mol. The summed E-state index contributed by atoms with van der Waals surface area (Å²) in [5.41, 5.74) is 1.24.